The number of nitrogens with zero attached hydrogens (tertiary/aromatic N) is 4. The van der Waals surface area contributed by atoms with Gasteiger partial charge in [-0.1, -0.05) is 11.8 Å². The highest BCUT2D eigenvalue weighted by Gasteiger charge is 2.55. The Morgan fingerprint density at radius 1 is 1.21 bits per heavy atom. The summed E-state index contributed by atoms with van der Waals surface area (Å²) in [5, 5.41) is 13.4. The fraction of sp³-hybridized carbons (Fsp3) is 0.520. The standard InChI is InChI=1S/C25H29F4N7OS/c1-14-9-20(34-33-14)31-19-10-21(36-12-24(26,13-36)15-3-4-15)35(2)23(32-19)38-17-7-5-16(6-8-17)30-22-18(37-22)11-25(27,28)29/h5-10,15,18,22-23,30H,3-4,11-13H2,1-2H3,(H2,31,32,33,34). The molecule has 3 N–H and O–H groups in total. The van der Waals surface area contributed by atoms with Crippen LogP contribution in [0.15, 0.2) is 52.1 Å². The summed E-state index contributed by atoms with van der Waals surface area (Å²) in [6, 6.07) is 9.29. The van der Waals surface area contributed by atoms with Crippen LogP contribution in [0.3, 0.4) is 0 Å². The number of aromatic amines is 1. The number of aliphatic imine (C=N–C) groups is 1. The molecule has 3 aliphatic heterocycles. The molecule has 3 fully saturated rings. The number of thioether (sulfide) groups is 1. The second-order valence-corrected chi connectivity index (χ2v) is 11.5. The molecular weight excluding hydrogens is 522 g/mol. The molecule has 1 aromatic heterocycles. The van der Waals surface area contributed by atoms with Gasteiger partial charge in [0.2, 0.25) is 0 Å². The molecule has 2 aromatic rings. The van der Waals surface area contributed by atoms with Crippen molar-refractivity contribution in [2.45, 2.75) is 60.8 Å². The fourth-order valence-corrected chi connectivity index (χ4v) is 5.83. The van der Waals surface area contributed by atoms with E-state index in [4.69, 9.17) is 9.73 Å². The first-order valence-corrected chi connectivity index (χ1v) is 13.4. The Morgan fingerprint density at radius 3 is 2.58 bits per heavy atom. The second-order valence-electron chi connectivity index (χ2n) is 10.4. The number of H-pyrrole nitrogens is 1. The molecule has 204 valence electrons. The Hall–Kier alpha value is -2.93. The second kappa shape index (κ2) is 9.37. The van der Waals surface area contributed by atoms with Gasteiger partial charge in [-0.3, -0.25) is 5.10 Å². The molecule has 4 aliphatic rings. The molecule has 1 aromatic carbocycles. The first kappa shape index (κ1) is 25.4. The maximum atomic E-state index is 15.1. The number of hydrogen-bond acceptors (Lipinski definition) is 8. The summed E-state index contributed by atoms with van der Waals surface area (Å²) in [4.78, 5) is 9.88. The molecule has 0 spiro atoms. The fourth-order valence-electron chi connectivity index (χ4n) is 4.86. The van der Waals surface area contributed by atoms with Crippen molar-refractivity contribution in [2.75, 3.05) is 30.8 Å². The lowest BCUT2D eigenvalue weighted by molar-refractivity contribution is -0.137. The van der Waals surface area contributed by atoms with Crippen LogP contribution in [-0.4, -0.2) is 75.6 Å². The van der Waals surface area contributed by atoms with Crippen molar-refractivity contribution in [1.29, 1.82) is 0 Å². The third-order valence-corrected chi connectivity index (χ3v) is 8.31. The van der Waals surface area contributed by atoms with Crippen LogP contribution in [0, 0.1) is 12.8 Å². The minimum atomic E-state index is -4.25. The molecule has 0 radical (unpaired) electrons. The summed E-state index contributed by atoms with van der Waals surface area (Å²) in [7, 11) is 1.94. The molecule has 38 heavy (non-hydrogen) atoms. The largest absolute Gasteiger partial charge is 0.391 e. The number of anilines is 2. The van der Waals surface area contributed by atoms with Crippen molar-refractivity contribution >= 4 is 29.1 Å². The maximum Gasteiger partial charge on any atom is 0.391 e. The van der Waals surface area contributed by atoms with Crippen LogP contribution in [0.4, 0.5) is 29.1 Å². The molecule has 6 rings (SSSR count). The van der Waals surface area contributed by atoms with E-state index < -0.39 is 30.6 Å². The Balaban J connectivity index is 1.13. The van der Waals surface area contributed by atoms with E-state index in [0.717, 1.165) is 29.3 Å². The van der Waals surface area contributed by atoms with Gasteiger partial charge in [-0.2, -0.15) is 18.3 Å². The number of aromatic nitrogens is 2. The predicted octanol–water partition coefficient (Wildman–Crippen LogP) is 4.91. The number of alkyl halides is 4. The number of amidine groups is 1. The Bertz CT molecular complexity index is 1240. The molecule has 4 heterocycles. The van der Waals surface area contributed by atoms with E-state index in [2.05, 4.69) is 25.7 Å². The quantitative estimate of drug-likeness (QED) is 0.318. The molecule has 0 bridgehead atoms. The third kappa shape index (κ3) is 5.58. The van der Waals surface area contributed by atoms with Crippen molar-refractivity contribution in [3.05, 3.63) is 47.9 Å². The van der Waals surface area contributed by atoms with Gasteiger partial charge in [0.1, 0.15) is 23.4 Å². The highest BCUT2D eigenvalue weighted by atomic mass is 32.2. The van der Waals surface area contributed by atoms with Crippen molar-refractivity contribution in [1.82, 2.24) is 20.0 Å². The Morgan fingerprint density at radius 2 is 1.95 bits per heavy atom. The smallest absolute Gasteiger partial charge is 0.358 e. The van der Waals surface area contributed by atoms with Gasteiger partial charge >= 0.3 is 6.18 Å². The Kier molecular flexibility index (Phi) is 6.25. The number of hydrogen-bond donors (Lipinski definition) is 3. The van der Waals surface area contributed by atoms with Gasteiger partial charge < -0.3 is 25.2 Å². The number of benzene rings is 1. The van der Waals surface area contributed by atoms with Crippen LogP contribution in [0.5, 0.6) is 0 Å². The molecule has 3 unspecified atom stereocenters. The molecular formula is C25H29F4N7OS. The summed E-state index contributed by atoms with van der Waals surface area (Å²) >= 11 is 1.52. The van der Waals surface area contributed by atoms with Crippen LogP contribution in [0.25, 0.3) is 0 Å². The normalized spacial score (nSPS) is 26.4. The number of epoxide rings is 1. The number of aryl methyl sites for hydroxylation is 1. The number of ether oxygens (including phenoxy) is 1. The molecule has 1 aliphatic carbocycles. The number of likely N-dealkylation sites (tertiary alicyclic amines) is 1. The summed E-state index contributed by atoms with van der Waals surface area (Å²) in [6.07, 6.45) is -2.84. The summed E-state index contributed by atoms with van der Waals surface area (Å²) in [5.41, 5.74) is 0.163. The number of nitrogens with one attached hydrogen (secondary N) is 3. The average molecular weight is 552 g/mol. The zero-order chi connectivity index (χ0) is 26.7. The maximum absolute atomic E-state index is 15.1. The highest BCUT2D eigenvalue weighted by molar-refractivity contribution is 7.99. The van der Waals surface area contributed by atoms with Gasteiger partial charge in [0.25, 0.3) is 0 Å². The van der Waals surface area contributed by atoms with E-state index in [0.29, 0.717) is 30.4 Å². The van der Waals surface area contributed by atoms with Gasteiger partial charge in [-0.25, -0.2) is 9.38 Å². The minimum Gasteiger partial charge on any atom is -0.358 e. The lowest BCUT2D eigenvalue weighted by Crippen LogP contribution is -2.62. The highest BCUT2D eigenvalue weighted by Crippen LogP contribution is 2.49. The lowest BCUT2D eigenvalue weighted by atomic mass is 9.90. The van der Waals surface area contributed by atoms with Gasteiger partial charge in [0.05, 0.1) is 19.5 Å². The van der Waals surface area contributed by atoms with Crippen LogP contribution < -0.4 is 10.6 Å². The van der Waals surface area contributed by atoms with Gasteiger partial charge in [0, 0.05) is 35.5 Å². The van der Waals surface area contributed by atoms with E-state index in [9.17, 15) is 13.2 Å². The van der Waals surface area contributed by atoms with E-state index in [-0.39, 0.29) is 11.4 Å². The Labute approximate surface area is 221 Å². The molecule has 2 saturated heterocycles. The molecule has 8 nitrogen and oxygen atoms in total. The zero-order valence-electron chi connectivity index (χ0n) is 20.9. The van der Waals surface area contributed by atoms with Crippen molar-refractivity contribution in [3.8, 4) is 0 Å². The summed E-state index contributed by atoms with van der Waals surface area (Å²) in [5.74, 6) is 2.34. The van der Waals surface area contributed by atoms with E-state index in [1.54, 1.807) is 0 Å². The summed E-state index contributed by atoms with van der Waals surface area (Å²) < 4.78 is 57.8. The van der Waals surface area contributed by atoms with Crippen molar-refractivity contribution in [3.63, 3.8) is 0 Å². The number of rotatable bonds is 8. The first-order valence-electron chi connectivity index (χ1n) is 12.6. The topological polar surface area (TPSA) is 84.1 Å². The van der Waals surface area contributed by atoms with E-state index in [1.807, 2.05) is 55.3 Å². The predicted molar refractivity (Wildman–Crippen MR) is 137 cm³/mol. The third-order valence-electron chi connectivity index (χ3n) is 7.13. The van der Waals surface area contributed by atoms with Crippen LogP contribution in [0.2, 0.25) is 0 Å². The van der Waals surface area contributed by atoms with E-state index in [1.165, 1.54) is 11.8 Å². The molecule has 1 saturated carbocycles. The summed E-state index contributed by atoms with van der Waals surface area (Å²) in [6.45, 7) is 2.66. The average Bonchev–Trinajstić information content (AvgIpc) is 3.75. The lowest BCUT2D eigenvalue weighted by Gasteiger charge is -2.50. The van der Waals surface area contributed by atoms with Crippen LogP contribution >= 0.6 is 11.8 Å². The van der Waals surface area contributed by atoms with Gasteiger partial charge in [-0.15, -0.1) is 0 Å². The van der Waals surface area contributed by atoms with Crippen LogP contribution in [0.1, 0.15) is 25.0 Å². The van der Waals surface area contributed by atoms with Crippen molar-refractivity contribution in [2.24, 2.45) is 10.9 Å². The molecule has 3 atom stereocenters. The van der Waals surface area contributed by atoms with Crippen LogP contribution in [-0.2, 0) is 4.74 Å². The van der Waals surface area contributed by atoms with E-state index >= 15 is 4.39 Å². The van der Waals surface area contributed by atoms with Crippen molar-refractivity contribution < 1.29 is 22.3 Å². The first-order chi connectivity index (χ1) is 18.0. The van der Waals surface area contributed by atoms with Gasteiger partial charge in [-0.05, 0) is 49.9 Å². The van der Waals surface area contributed by atoms with Gasteiger partial charge in [0.15, 0.2) is 17.5 Å². The zero-order valence-corrected chi connectivity index (χ0v) is 21.7. The molecule has 13 heteroatoms. The number of halogens is 4. The molecule has 0 amide bonds. The minimum absolute atomic E-state index is 0.175. The SMILES string of the molecule is Cc1cc(NC2=NC(Sc3ccc(NC4OC4CC(F)(F)F)cc3)N(C)C(N3CC(F)(C4CC4)C3)=C2)n[nH]1. The monoisotopic (exact) mass is 551 g/mol.